The first-order chi connectivity index (χ1) is 13.2. The molecule has 0 saturated heterocycles. The molecule has 0 N–H and O–H groups in total. The highest BCUT2D eigenvalue weighted by atomic mass is 35.5. The molecular formula is C25H16ClN. The summed E-state index contributed by atoms with van der Waals surface area (Å²) in [5, 5.41) is 0.822. The highest BCUT2D eigenvalue weighted by Crippen LogP contribution is 2.63. The van der Waals surface area contributed by atoms with E-state index >= 15 is 0 Å². The van der Waals surface area contributed by atoms with E-state index in [0.717, 1.165) is 21.8 Å². The molecule has 1 aromatic heterocycles. The number of benzene rings is 3. The maximum Gasteiger partial charge on any atom is 0.0768 e. The molecule has 2 heteroatoms. The van der Waals surface area contributed by atoms with Crippen LogP contribution in [0, 0.1) is 6.92 Å². The number of nitrogens with zero attached hydrogens (tertiary/aromatic N) is 1. The Labute approximate surface area is 163 Å². The molecule has 2 aliphatic carbocycles. The van der Waals surface area contributed by atoms with Gasteiger partial charge in [0.1, 0.15) is 0 Å². The summed E-state index contributed by atoms with van der Waals surface area (Å²) in [7, 11) is 0. The number of fused-ring (bicyclic) bond motifs is 10. The predicted molar refractivity (Wildman–Crippen MR) is 110 cm³/mol. The Morgan fingerprint density at radius 1 is 0.704 bits per heavy atom. The smallest absolute Gasteiger partial charge is 0.0768 e. The van der Waals surface area contributed by atoms with Crippen molar-refractivity contribution in [3.63, 3.8) is 0 Å². The molecular weight excluding hydrogens is 350 g/mol. The van der Waals surface area contributed by atoms with Gasteiger partial charge in [-0.25, -0.2) is 0 Å². The van der Waals surface area contributed by atoms with E-state index in [1.165, 1.54) is 33.4 Å². The first-order valence-corrected chi connectivity index (χ1v) is 9.57. The molecule has 0 saturated carbocycles. The molecule has 1 heterocycles. The van der Waals surface area contributed by atoms with Crippen molar-refractivity contribution < 1.29 is 0 Å². The summed E-state index contributed by atoms with van der Waals surface area (Å²) in [6.07, 6.45) is 1.89. The summed E-state index contributed by atoms with van der Waals surface area (Å²) in [5.74, 6) is 0. The Kier molecular flexibility index (Phi) is 2.86. The van der Waals surface area contributed by atoms with Crippen LogP contribution >= 0.6 is 11.6 Å². The fourth-order valence-corrected chi connectivity index (χ4v) is 5.36. The van der Waals surface area contributed by atoms with Crippen LogP contribution < -0.4 is 0 Å². The monoisotopic (exact) mass is 365 g/mol. The lowest BCUT2D eigenvalue weighted by Crippen LogP contribution is -2.26. The standard InChI is InChI=1S/C25H16ClN/c1-15-14-27-24-18-10-4-7-13-21(18)25(22(24)23(15)26)19-11-5-2-8-16(19)17-9-3-6-12-20(17)25/h2-14H,1H3. The second-order valence-corrected chi connectivity index (χ2v) is 7.74. The second kappa shape index (κ2) is 5.09. The van der Waals surface area contributed by atoms with Gasteiger partial charge in [-0.1, -0.05) is 84.4 Å². The van der Waals surface area contributed by atoms with Crippen molar-refractivity contribution in [2.24, 2.45) is 0 Å². The molecule has 0 amide bonds. The quantitative estimate of drug-likeness (QED) is 0.304. The fraction of sp³-hybridized carbons (Fsp3) is 0.0800. The minimum Gasteiger partial charge on any atom is -0.256 e. The Morgan fingerprint density at radius 3 is 1.78 bits per heavy atom. The van der Waals surface area contributed by atoms with Gasteiger partial charge in [-0.05, 0) is 40.3 Å². The SMILES string of the molecule is Cc1cnc2c(c1Cl)C1(c3ccccc3-c3ccccc31)c1ccccc1-2. The van der Waals surface area contributed by atoms with E-state index in [4.69, 9.17) is 16.6 Å². The maximum atomic E-state index is 6.99. The molecule has 0 unspecified atom stereocenters. The third-order valence-electron chi connectivity index (χ3n) is 6.10. The number of aromatic nitrogens is 1. The normalized spacial score (nSPS) is 14.6. The van der Waals surface area contributed by atoms with Gasteiger partial charge < -0.3 is 0 Å². The van der Waals surface area contributed by atoms with Crippen molar-refractivity contribution in [3.05, 3.63) is 112 Å². The molecule has 0 fully saturated rings. The Morgan fingerprint density at radius 2 is 1.19 bits per heavy atom. The van der Waals surface area contributed by atoms with Crippen LogP contribution in [0.1, 0.15) is 27.8 Å². The molecule has 6 rings (SSSR count). The van der Waals surface area contributed by atoms with Gasteiger partial charge >= 0.3 is 0 Å². The van der Waals surface area contributed by atoms with Crippen molar-refractivity contribution in [3.8, 4) is 22.4 Å². The lowest BCUT2D eigenvalue weighted by atomic mass is 9.70. The number of pyridine rings is 1. The molecule has 1 nitrogen and oxygen atoms in total. The molecule has 2 aliphatic rings. The summed E-state index contributed by atoms with van der Waals surface area (Å²) < 4.78 is 0. The largest absolute Gasteiger partial charge is 0.256 e. The third-order valence-corrected chi connectivity index (χ3v) is 6.59. The third kappa shape index (κ3) is 1.64. The van der Waals surface area contributed by atoms with Gasteiger partial charge in [0.05, 0.1) is 16.1 Å². The van der Waals surface area contributed by atoms with Crippen LogP contribution in [0.2, 0.25) is 5.02 Å². The van der Waals surface area contributed by atoms with Crippen LogP contribution in [-0.4, -0.2) is 4.98 Å². The summed E-state index contributed by atoms with van der Waals surface area (Å²) in [4.78, 5) is 4.84. The highest BCUT2D eigenvalue weighted by molar-refractivity contribution is 6.33. The van der Waals surface area contributed by atoms with Gasteiger partial charge in [0.15, 0.2) is 0 Å². The van der Waals surface area contributed by atoms with Crippen LogP contribution in [0.4, 0.5) is 0 Å². The zero-order chi connectivity index (χ0) is 18.2. The maximum absolute atomic E-state index is 6.99. The van der Waals surface area contributed by atoms with Crippen LogP contribution in [-0.2, 0) is 5.41 Å². The average molecular weight is 366 g/mol. The van der Waals surface area contributed by atoms with Gasteiger partial charge in [-0.3, -0.25) is 4.98 Å². The first-order valence-electron chi connectivity index (χ1n) is 9.19. The van der Waals surface area contributed by atoms with Crippen molar-refractivity contribution in [1.82, 2.24) is 4.98 Å². The molecule has 0 bridgehead atoms. The highest BCUT2D eigenvalue weighted by Gasteiger charge is 2.53. The van der Waals surface area contributed by atoms with Gasteiger partial charge in [-0.2, -0.15) is 0 Å². The van der Waals surface area contributed by atoms with Crippen molar-refractivity contribution in [2.45, 2.75) is 12.3 Å². The van der Waals surface area contributed by atoms with E-state index in [1.54, 1.807) is 0 Å². The average Bonchev–Trinajstić information content (AvgIpc) is 3.18. The van der Waals surface area contributed by atoms with E-state index in [0.29, 0.717) is 0 Å². The van der Waals surface area contributed by atoms with Crippen molar-refractivity contribution in [1.29, 1.82) is 0 Å². The van der Waals surface area contributed by atoms with Crippen LogP contribution in [0.3, 0.4) is 0 Å². The molecule has 1 spiro atoms. The molecule has 27 heavy (non-hydrogen) atoms. The molecule has 0 atom stereocenters. The zero-order valence-corrected chi connectivity index (χ0v) is 15.6. The molecule has 3 aromatic carbocycles. The summed E-state index contributed by atoms with van der Waals surface area (Å²) in [6, 6.07) is 26.1. The molecule has 0 aliphatic heterocycles. The van der Waals surface area contributed by atoms with Gasteiger partial charge in [0, 0.05) is 17.3 Å². The minimum atomic E-state index is -0.394. The number of hydrogen-bond acceptors (Lipinski definition) is 1. The van der Waals surface area contributed by atoms with Crippen LogP contribution in [0.15, 0.2) is 79.0 Å². The topological polar surface area (TPSA) is 12.9 Å². The number of hydrogen-bond donors (Lipinski definition) is 0. The number of aryl methyl sites for hydroxylation is 1. The van der Waals surface area contributed by atoms with Gasteiger partial charge in [-0.15, -0.1) is 0 Å². The molecule has 128 valence electrons. The van der Waals surface area contributed by atoms with Crippen LogP contribution in [0.5, 0.6) is 0 Å². The fourth-order valence-electron chi connectivity index (χ4n) is 5.08. The van der Waals surface area contributed by atoms with Gasteiger partial charge in [0.25, 0.3) is 0 Å². The minimum absolute atomic E-state index is 0.394. The van der Waals surface area contributed by atoms with Crippen LogP contribution in [0.25, 0.3) is 22.4 Å². The Bertz CT molecular complexity index is 1190. The Hall–Kier alpha value is -2.90. The van der Waals surface area contributed by atoms with E-state index in [-0.39, 0.29) is 0 Å². The van der Waals surface area contributed by atoms with Crippen molar-refractivity contribution in [2.75, 3.05) is 0 Å². The summed E-state index contributed by atoms with van der Waals surface area (Å²) in [6.45, 7) is 2.04. The Balaban J connectivity index is 1.90. The van der Waals surface area contributed by atoms with E-state index in [9.17, 15) is 0 Å². The molecule has 0 radical (unpaired) electrons. The van der Waals surface area contributed by atoms with E-state index < -0.39 is 5.41 Å². The van der Waals surface area contributed by atoms with E-state index in [2.05, 4.69) is 72.8 Å². The number of rotatable bonds is 0. The van der Waals surface area contributed by atoms with Crippen molar-refractivity contribution >= 4 is 11.6 Å². The lowest BCUT2D eigenvalue weighted by Gasteiger charge is -2.31. The van der Waals surface area contributed by atoms with Gasteiger partial charge in [0.2, 0.25) is 0 Å². The zero-order valence-electron chi connectivity index (χ0n) is 14.8. The predicted octanol–water partition coefficient (Wildman–Crippen LogP) is 6.39. The summed E-state index contributed by atoms with van der Waals surface area (Å²) >= 11 is 6.99. The number of halogens is 1. The first kappa shape index (κ1) is 15.2. The molecule has 4 aromatic rings. The van der Waals surface area contributed by atoms with E-state index in [1.807, 2.05) is 13.1 Å². The summed E-state index contributed by atoms with van der Waals surface area (Å²) in [5.41, 5.74) is 10.4. The second-order valence-electron chi connectivity index (χ2n) is 7.37. The lowest BCUT2D eigenvalue weighted by molar-refractivity contribution is 0.790.